The van der Waals surface area contributed by atoms with E-state index in [1.165, 1.54) is 0 Å². The number of amidine groups is 1. The fourth-order valence-corrected chi connectivity index (χ4v) is 3.07. The maximum absolute atomic E-state index is 5.78. The van der Waals surface area contributed by atoms with Crippen LogP contribution in [-0.2, 0) is 0 Å². The number of para-hydroxylation sites is 1. The van der Waals surface area contributed by atoms with Gasteiger partial charge in [-0.1, -0.05) is 61.9 Å². The highest BCUT2D eigenvalue weighted by Crippen LogP contribution is 2.26. The van der Waals surface area contributed by atoms with Gasteiger partial charge >= 0.3 is 0 Å². The van der Waals surface area contributed by atoms with E-state index in [0.717, 1.165) is 59.1 Å². The minimum atomic E-state index is 0.738. The first-order chi connectivity index (χ1) is 13.8. The number of nitrogens with zero attached hydrogens (tertiary/aromatic N) is 2. The molecule has 0 aliphatic carbocycles. The molecule has 4 rings (SSSR count). The van der Waals surface area contributed by atoms with E-state index < -0.39 is 0 Å². The van der Waals surface area contributed by atoms with Crippen LogP contribution in [0.4, 0.5) is 5.69 Å². The Balaban J connectivity index is 1.66. The van der Waals surface area contributed by atoms with Crippen LogP contribution < -0.4 is 10.2 Å². The first-order valence-electron chi connectivity index (χ1n) is 9.65. The Bertz CT molecular complexity index is 992. The van der Waals surface area contributed by atoms with Crippen LogP contribution in [0.2, 0.25) is 0 Å². The van der Waals surface area contributed by atoms with Gasteiger partial charge in [-0.25, -0.2) is 4.99 Å². The van der Waals surface area contributed by atoms with Gasteiger partial charge in [0.1, 0.15) is 5.75 Å². The summed E-state index contributed by atoms with van der Waals surface area (Å²) >= 11 is 0. The van der Waals surface area contributed by atoms with Crippen molar-refractivity contribution in [2.75, 3.05) is 6.61 Å². The lowest BCUT2D eigenvalue weighted by atomic mass is 10.0. The summed E-state index contributed by atoms with van der Waals surface area (Å²) in [6, 6.07) is 26.2. The highest BCUT2D eigenvalue weighted by Gasteiger charge is 2.16. The zero-order chi connectivity index (χ0) is 19.2. The van der Waals surface area contributed by atoms with Gasteiger partial charge in [0.25, 0.3) is 0 Å². The summed E-state index contributed by atoms with van der Waals surface area (Å²) in [7, 11) is 0. The van der Waals surface area contributed by atoms with E-state index in [1.807, 2.05) is 72.8 Å². The van der Waals surface area contributed by atoms with Gasteiger partial charge in [-0.2, -0.15) is 5.10 Å². The van der Waals surface area contributed by atoms with Crippen LogP contribution in [0.25, 0.3) is 0 Å². The number of rotatable bonds is 6. The number of benzene rings is 3. The molecular formula is C24H23N3O. The quantitative estimate of drug-likeness (QED) is 0.599. The van der Waals surface area contributed by atoms with Crippen LogP contribution in [-0.4, -0.2) is 18.2 Å². The van der Waals surface area contributed by atoms with Gasteiger partial charge in [-0.15, -0.1) is 0 Å². The number of nitrogens with one attached hydrogen (secondary N) is 1. The molecule has 0 saturated carbocycles. The topological polar surface area (TPSA) is 46.0 Å². The van der Waals surface area contributed by atoms with Crippen molar-refractivity contribution >= 4 is 17.2 Å². The smallest absolute Gasteiger partial charge is 0.154 e. The molecule has 0 aromatic heterocycles. The number of fused-ring (bicyclic) bond motifs is 1. The number of hydrazone groups is 1. The Kier molecular flexibility index (Phi) is 5.48. The van der Waals surface area contributed by atoms with Crippen LogP contribution in [0, 0.1) is 0 Å². The van der Waals surface area contributed by atoms with Crippen molar-refractivity contribution in [1.82, 2.24) is 5.43 Å². The van der Waals surface area contributed by atoms with Gasteiger partial charge in [0, 0.05) is 16.7 Å². The standard InChI is InChI=1S/C24H23N3O/c1-2-3-17-28-20-15-13-18(14-16-20)23-21-11-7-8-12-22(21)25-24(27-26-23)19-9-5-4-6-10-19/h4-16H,2-3,17H2,1H3,(H,25,27). The third-order valence-corrected chi connectivity index (χ3v) is 4.61. The van der Waals surface area contributed by atoms with Gasteiger partial charge in [0.15, 0.2) is 5.84 Å². The average molecular weight is 369 g/mol. The highest BCUT2D eigenvalue weighted by atomic mass is 16.5. The number of hydrogen-bond acceptors (Lipinski definition) is 4. The molecule has 28 heavy (non-hydrogen) atoms. The predicted molar refractivity (Wildman–Crippen MR) is 115 cm³/mol. The molecule has 140 valence electrons. The molecule has 0 spiro atoms. The molecule has 0 unspecified atom stereocenters. The Morgan fingerprint density at radius 1 is 0.821 bits per heavy atom. The zero-order valence-electron chi connectivity index (χ0n) is 15.9. The van der Waals surface area contributed by atoms with Crippen molar-refractivity contribution in [2.45, 2.75) is 19.8 Å². The van der Waals surface area contributed by atoms with E-state index in [2.05, 4.69) is 18.4 Å². The molecule has 3 aromatic rings. The van der Waals surface area contributed by atoms with Crippen LogP contribution in [0.15, 0.2) is 89.0 Å². The number of unbranched alkanes of at least 4 members (excludes halogenated alkanes) is 1. The summed E-state index contributed by atoms with van der Waals surface area (Å²) in [5, 5.41) is 4.69. The van der Waals surface area contributed by atoms with Crippen molar-refractivity contribution in [3.63, 3.8) is 0 Å². The van der Waals surface area contributed by atoms with E-state index in [4.69, 9.17) is 14.8 Å². The van der Waals surface area contributed by atoms with E-state index in [1.54, 1.807) is 0 Å². The largest absolute Gasteiger partial charge is 0.494 e. The molecule has 1 aliphatic heterocycles. The molecule has 1 heterocycles. The summed E-state index contributed by atoms with van der Waals surface area (Å²) in [6.07, 6.45) is 2.19. The zero-order valence-corrected chi connectivity index (χ0v) is 15.9. The van der Waals surface area contributed by atoms with Crippen LogP contribution in [0.5, 0.6) is 5.75 Å². The molecule has 0 fully saturated rings. The fraction of sp³-hybridized carbons (Fsp3) is 0.167. The second-order valence-electron chi connectivity index (χ2n) is 6.64. The fourth-order valence-electron chi connectivity index (χ4n) is 3.07. The molecule has 0 saturated heterocycles. The van der Waals surface area contributed by atoms with Gasteiger partial charge in [0.05, 0.1) is 18.0 Å². The van der Waals surface area contributed by atoms with Crippen LogP contribution >= 0.6 is 0 Å². The lowest BCUT2D eigenvalue weighted by molar-refractivity contribution is 0.309. The van der Waals surface area contributed by atoms with E-state index in [9.17, 15) is 0 Å². The van der Waals surface area contributed by atoms with Crippen molar-refractivity contribution in [2.24, 2.45) is 10.1 Å². The molecule has 4 nitrogen and oxygen atoms in total. The number of aliphatic imine (C=N–C) groups is 1. The minimum absolute atomic E-state index is 0.738. The lowest BCUT2D eigenvalue weighted by Gasteiger charge is -2.09. The Morgan fingerprint density at radius 2 is 1.57 bits per heavy atom. The second kappa shape index (κ2) is 8.53. The maximum Gasteiger partial charge on any atom is 0.154 e. The Hall–Kier alpha value is -3.40. The molecule has 1 aliphatic rings. The Labute approximate surface area is 165 Å². The summed E-state index contributed by atoms with van der Waals surface area (Å²) in [6.45, 7) is 2.91. The van der Waals surface area contributed by atoms with Crippen molar-refractivity contribution in [3.8, 4) is 5.75 Å². The average Bonchev–Trinajstić information content (AvgIpc) is 2.95. The molecule has 0 amide bonds. The molecule has 1 N–H and O–H groups in total. The van der Waals surface area contributed by atoms with Gasteiger partial charge in [0.2, 0.25) is 0 Å². The van der Waals surface area contributed by atoms with Crippen LogP contribution in [0.1, 0.15) is 36.5 Å². The minimum Gasteiger partial charge on any atom is -0.494 e. The number of ether oxygens (including phenoxy) is 1. The summed E-state index contributed by atoms with van der Waals surface area (Å²) in [5.41, 5.74) is 7.94. The first kappa shape index (κ1) is 18.0. The third-order valence-electron chi connectivity index (χ3n) is 4.61. The van der Waals surface area contributed by atoms with E-state index in [0.29, 0.717) is 0 Å². The van der Waals surface area contributed by atoms with Crippen molar-refractivity contribution < 1.29 is 4.74 Å². The van der Waals surface area contributed by atoms with Crippen molar-refractivity contribution in [3.05, 3.63) is 95.6 Å². The molecule has 0 bridgehead atoms. The van der Waals surface area contributed by atoms with E-state index in [-0.39, 0.29) is 0 Å². The third kappa shape index (κ3) is 3.96. The van der Waals surface area contributed by atoms with E-state index >= 15 is 0 Å². The van der Waals surface area contributed by atoms with Crippen LogP contribution in [0.3, 0.4) is 0 Å². The first-order valence-corrected chi connectivity index (χ1v) is 9.65. The molecule has 3 aromatic carbocycles. The van der Waals surface area contributed by atoms with Gasteiger partial charge in [-0.3, -0.25) is 5.43 Å². The molecule has 0 radical (unpaired) electrons. The summed E-state index contributed by atoms with van der Waals surface area (Å²) < 4.78 is 5.78. The molecular weight excluding hydrogens is 346 g/mol. The lowest BCUT2D eigenvalue weighted by Crippen LogP contribution is -2.19. The SMILES string of the molecule is CCCCOc1ccc(C2=NNC(c3ccccc3)=Nc3ccccc32)cc1. The molecule has 4 heteroatoms. The van der Waals surface area contributed by atoms with Gasteiger partial charge in [-0.05, 0) is 36.8 Å². The maximum atomic E-state index is 5.78. The highest BCUT2D eigenvalue weighted by molar-refractivity contribution is 6.17. The molecule has 0 atom stereocenters. The predicted octanol–water partition coefficient (Wildman–Crippen LogP) is 5.30. The Morgan fingerprint density at radius 3 is 2.36 bits per heavy atom. The monoisotopic (exact) mass is 369 g/mol. The number of hydrogen-bond donors (Lipinski definition) is 1. The summed E-state index contributed by atoms with van der Waals surface area (Å²) in [4.78, 5) is 4.82. The van der Waals surface area contributed by atoms with Crippen molar-refractivity contribution in [1.29, 1.82) is 0 Å². The second-order valence-corrected chi connectivity index (χ2v) is 6.64. The van der Waals surface area contributed by atoms with Gasteiger partial charge < -0.3 is 4.74 Å². The summed E-state index contributed by atoms with van der Waals surface area (Å²) in [5.74, 6) is 1.62. The normalized spacial score (nSPS) is 12.9.